The topological polar surface area (TPSA) is 78.5 Å². The Balaban J connectivity index is 2.56. The van der Waals surface area contributed by atoms with Gasteiger partial charge in [-0.1, -0.05) is 12.1 Å². The minimum atomic E-state index is -4.44. The summed E-state index contributed by atoms with van der Waals surface area (Å²) in [5, 5.41) is 14.9. The smallest absolute Gasteiger partial charge is 0.381 e. The molecule has 92 valence electrons. The molecule has 0 aliphatic heterocycles. The minimum absolute atomic E-state index is 0.0364. The number of nitrogens with zero attached hydrogens (tertiary/aromatic N) is 2. The lowest BCUT2D eigenvalue weighted by Crippen LogP contribution is -2.04. The standard InChI is InChI=1S/C11H7F3N4/c12-11(13,14)7-3-1-2-6(4-7)9-8(5-15)10(16)18-17-9/h1-4H,(H3,16,17,18). The van der Waals surface area contributed by atoms with E-state index < -0.39 is 11.7 Å². The largest absolute Gasteiger partial charge is 0.416 e. The van der Waals surface area contributed by atoms with Gasteiger partial charge in [0.05, 0.1) is 11.3 Å². The Morgan fingerprint density at radius 2 is 2.06 bits per heavy atom. The molecule has 0 fully saturated rings. The fourth-order valence-corrected chi connectivity index (χ4v) is 1.53. The van der Waals surface area contributed by atoms with E-state index in [1.54, 1.807) is 6.07 Å². The van der Waals surface area contributed by atoms with E-state index in [0.29, 0.717) is 0 Å². The first-order chi connectivity index (χ1) is 8.43. The Bertz CT molecular complexity index is 622. The quantitative estimate of drug-likeness (QED) is 0.818. The summed E-state index contributed by atoms with van der Waals surface area (Å²) in [7, 11) is 0. The molecule has 1 heterocycles. The number of aromatic amines is 1. The zero-order valence-electron chi connectivity index (χ0n) is 8.92. The molecule has 0 saturated carbocycles. The molecule has 2 aromatic rings. The number of nitrogens with one attached hydrogen (secondary N) is 1. The zero-order valence-corrected chi connectivity index (χ0v) is 8.92. The van der Waals surface area contributed by atoms with Crippen LogP contribution in [0.3, 0.4) is 0 Å². The lowest BCUT2D eigenvalue weighted by atomic mass is 10.1. The molecule has 0 saturated heterocycles. The Morgan fingerprint density at radius 3 is 2.67 bits per heavy atom. The van der Waals surface area contributed by atoms with Gasteiger partial charge in [-0.15, -0.1) is 0 Å². The molecular weight excluding hydrogens is 245 g/mol. The third kappa shape index (κ3) is 2.00. The molecule has 1 aromatic carbocycles. The van der Waals surface area contributed by atoms with Crippen LogP contribution in [0.1, 0.15) is 11.1 Å². The first kappa shape index (κ1) is 12.0. The second-order valence-electron chi connectivity index (χ2n) is 3.55. The van der Waals surface area contributed by atoms with Gasteiger partial charge in [0.25, 0.3) is 0 Å². The predicted molar refractivity (Wildman–Crippen MR) is 58.2 cm³/mol. The van der Waals surface area contributed by atoms with Crippen LogP contribution in [-0.2, 0) is 6.18 Å². The van der Waals surface area contributed by atoms with E-state index >= 15 is 0 Å². The molecule has 0 radical (unpaired) electrons. The number of hydrogen-bond acceptors (Lipinski definition) is 3. The molecule has 0 atom stereocenters. The molecule has 7 heteroatoms. The number of aromatic nitrogens is 2. The van der Waals surface area contributed by atoms with Gasteiger partial charge < -0.3 is 5.73 Å². The lowest BCUT2D eigenvalue weighted by molar-refractivity contribution is -0.137. The summed E-state index contributed by atoms with van der Waals surface area (Å²) >= 11 is 0. The van der Waals surface area contributed by atoms with Crippen molar-refractivity contribution in [1.82, 2.24) is 10.2 Å². The molecule has 0 aliphatic carbocycles. The van der Waals surface area contributed by atoms with Crippen LogP contribution in [-0.4, -0.2) is 10.2 Å². The molecule has 0 aliphatic rings. The van der Waals surface area contributed by atoms with E-state index in [2.05, 4.69) is 10.2 Å². The van der Waals surface area contributed by atoms with Crippen molar-refractivity contribution in [3.63, 3.8) is 0 Å². The number of benzene rings is 1. The molecule has 2 rings (SSSR count). The Morgan fingerprint density at radius 1 is 1.33 bits per heavy atom. The highest BCUT2D eigenvalue weighted by atomic mass is 19.4. The monoisotopic (exact) mass is 252 g/mol. The maximum atomic E-state index is 12.6. The second-order valence-corrected chi connectivity index (χ2v) is 3.55. The fourth-order valence-electron chi connectivity index (χ4n) is 1.53. The molecular formula is C11H7F3N4. The highest BCUT2D eigenvalue weighted by Crippen LogP contribution is 2.33. The Kier molecular flexibility index (Phi) is 2.71. The lowest BCUT2D eigenvalue weighted by Gasteiger charge is -2.07. The van der Waals surface area contributed by atoms with Crippen LogP contribution in [0.2, 0.25) is 0 Å². The zero-order chi connectivity index (χ0) is 13.3. The predicted octanol–water partition coefficient (Wildman–Crippen LogP) is 2.55. The molecule has 3 N–H and O–H groups in total. The molecule has 4 nitrogen and oxygen atoms in total. The number of alkyl halides is 3. The molecule has 1 aromatic heterocycles. The van der Waals surface area contributed by atoms with Crippen molar-refractivity contribution in [3.05, 3.63) is 35.4 Å². The van der Waals surface area contributed by atoms with Crippen LogP contribution < -0.4 is 5.73 Å². The minimum Gasteiger partial charge on any atom is -0.381 e. The summed E-state index contributed by atoms with van der Waals surface area (Å²) in [5.41, 5.74) is 5.06. The first-order valence-corrected chi connectivity index (χ1v) is 4.85. The summed E-state index contributed by atoms with van der Waals surface area (Å²) < 4.78 is 37.7. The highest BCUT2D eigenvalue weighted by Gasteiger charge is 2.30. The van der Waals surface area contributed by atoms with Crippen LogP contribution in [0, 0.1) is 11.3 Å². The average molecular weight is 252 g/mol. The fraction of sp³-hybridized carbons (Fsp3) is 0.0909. The van der Waals surface area contributed by atoms with Gasteiger partial charge in [0.1, 0.15) is 11.6 Å². The van der Waals surface area contributed by atoms with E-state index in [1.807, 2.05) is 0 Å². The molecule has 0 spiro atoms. The van der Waals surface area contributed by atoms with Crippen LogP contribution in [0.4, 0.5) is 19.0 Å². The Hall–Kier alpha value is -2.49. The molecule has 0 amide bonds. The summed E-state index contributed by atoms with van der Waals surface area (Å²) in [5.74, 6) is -0.0371. The van der Waals surface area contributed by atoms with E-state index in [1.165, 1.54) is 12.1 Å². The van der Waals surface area contributed by atoms with Crippen molar-refractivity contribution in [3.8, 4) is 17.3 Å². The van der Waals surface area contributed by atoms with E-state index in [-0.39, 0.29) is 22.6 Å². The van der Waals surface area contributed by atoms with Gasteiger partial charge in [0, 0.05) is 5.56 Å². The first-order valence-electron chi connectivity index (χ1n) is 4.85. The van der Waals surface area contributed by atoms with Crippen molar-refractivity contribution in [2.45, 2.75) is 6.18 Å². The van der Waals surface area contributed by atoms with Gasteiger partial charge >= 0.3 is 6.18 Å². The van der Waals surface area contributed by atoms with Gasteiger partial charge in [0.2, 0.25) is 0 Å². The second kappa shape index (κ2) is 4.07. The van der Waals surface area contributed by atoms with Gasteiger partial charge in [-0.25, -0.2) is 0 Å². The third-order valence-corrected chi connectivity index (χ3v) is 2.38. The molecule has 0 unspecified atom stereocenters. The summed E-state index contributed by atoms with van der Waals surface area (Å²) in [6.45, 7) is 0. The summed E-state index contributed by atoms with van der Waals surface area (Å²) in [4.78, 5) is 0. The third-order valence-electron chi connectivity index (χ3n) is 2.38. The number of halogens is 3. The summed E-state index contributed by atoms with van der Waals surface area (Å²) in [6, 6.07) is 6.40. The maximum Gasteiger partial charge on any atom is 0.416 e. The van der Waals surface area contributed by atoms with Crippen molar-refractivity contribution >= 4 is 5.82 Å². The van der Waals surface area contributed by atoms with Crippen molar-refractivity contribution < 1.29 is 13.2 Å². The van der Waals surface area contributed by atoms with Crippen LogP contribution in [0.15, 0.2) is 24.3 Å². The van der Waals surface area contributed by atoms with E-state index in [4.69, 9.17) is 11.0 Å². The van der Waals surface area contributed by atoms with Crippen molar-refractivity contribution in [2.24, 2.45) is 0 Å². The van der Waals surface area contributed by atoms with Gasteiger partial charge in [-0.3, -0.25) is 5.10 Å². The molecule has 18 heavy (non-hydrogen) atoms. The van der Waals surface area contributed by atoms with Gasteiger partial charge in [-0.2, -0.15) is 23.5 Å². The van der Waals surface area contributed by atoms with E-state index in [0.717, 1.165) is 12.1 Å². The van der Waals surface area contributed by atoms with Crippen LogP contribution in [0.25, 0.3) is 11.3 Å². The van der Waals surface area contributed by atoms with Crippen molar-refractivity contribution in [1.29, 1.82) is 5.26 Å². The summed E-state index contributed by atoms with van der Waals surface area (Å²) in [6.07, 6.45) is -4.44. The van der Waals surface area contributed by atoms with Gasteiger partial charge in [-0.05, 0) is 12.1 Å². The Labute approximate surface area is 99.8 Å². The highest BCUT2D eigenvalue weighted by molar-refractivity contribution is 5.72. The van der Waals surface area contributed by atoms with Crippen LogP contribution in [0.5, 0.6) is 0 Å². The number of nitriles is 1. The number of rotatable bonds is 1. The van der Waals surface area contributed by atoms with Crippen LogP contribution >= 0.6 is 0 Å². The normalized spacial score (nSPS) is 11.2. The average Bonchev–Trinajstić information content (AvgIpc) is 2.69. The number of H-pyrrole nitrogens is 1. The number of nitrogen functional groups attached to an aromatic ring is 1. The SMILES string of the molecule is N#Cc1c(N)n[nH]c1-c1cccc(C(F)(F)F)c1. The van der Waals surface area contributed by atoms with E-state index in [9.17, 15) is 13.2 Å². The number of hydrogen-bond donors (Lipinski definition) is 2. The number of anilines is 1. The van der Waals surface area contributed by atoms with Crippen molar-refractivity contribution in [2.75, 3.05) is 5.73 Å². The molecule has 0 bridgehead atoms. The maximum absolute atomic E-state index is 12.6. The van der Waals surface area contributed by atoms with Gasteiger partial charge in [0.15, 0.2) is 5.82 Å². The number of nitrogens with two attached hydrogens (primary N) is 1.